The lowest BCUT2D eigenvalue weighted by Gasteiger charge is -2.23. The van der Waals surface area contributed by atoms with E-state index in [2.05, 4.69) is 23.1 Å². The molecule has 1 aromatic rings. The van der Waals surface area contributed by atoms with Crippen molar-refractivity contribution < 1.29 is 4.79 Å². The molecule has 0 spiro atoms. The summed E-state index contributed by atoms with van der Waals surface area (Å²) in [5.74, 6) is 0.567. The highest BCUT2D eigenvalue weighted by atomic mass is 16.2. The minimum atomic E-state index is 0.108. The molecule has 0 saturated carbocycles. The smallest absolute Gasteiger partial charge is 0.223 e. The Bertz CT molecular complexity index is 470. The Morgan fingerprint density at radius 3 is 2.79 bits per heavy atom. The summed E-state index contributed by atoms with van der Waals surface area (Å²) in [5, 5.41) is 0. The van der Waals surface area contributed by atoms with E-state index in [4.69, 9.17) is 5.73 Å². The maximum atomic E-state index is 11.8. The van der Waals surface area contributed by atoms with Crippen molar-refractivity contribution in [3.8, 4) is 0 Å². The van der Waals surface area contributed by atoms with Gasteiger partial charge in [0.1, 0.15) is 0 Å². The van der Waals surface area contributed by atoms with Crippen LogP contribution in [0.4, 0.5) is 11.4 Å². The fourth-order valence-electron chi connectivity index (χ4n) is 2.65. The van der Waals surface area contributed by atoms with E-state index < -0.39 is 0 Å². The molecule has 1 aliphatic rings. The maximum Gasteiger partial charge on any atom is 0.223 e. The summed E-state index contributed by atoms with van der Waals surface area (Å²) in [6, 6.07) is 6.31. The SMILES string of the molecule is CC(=O)N1CCC(CN)Cc2cc(N(C)C)ccc21. The third-order valence-corrected chi connectivity index (χ3v) is 3.85. The molecule has 4 nitrogen and oxygen atoms in total. The molecule has 1 heterocycles. The Morgan fingerprint density at radius 2 is 2.21 bits per heavy atom. The monoisotopic (exact) mass is 261 g/mol. The van der Waals surface area contributed by atoms with Gasteiger partial charge in [-0.15, -0.1) is 0 Å². The number of carbonyl (C=O) groups excluding carboxylic acids is 1. The zero-order chi connectivity index (χ0) is 14.0. The highest BCUT2D eigenvalue weighted by molar-refractivity contribution is 5.92. The van der Waals surface area contributed by atoms with E-state index in [1.165, 1.54) is 11.3 Å². The Balaban J connectivity index is 2.44. The van der Waals surface area contributed by atoms with Crippen molar-refractivity contribution in [1.29, 1.82) is 0 Å². The predicted molar refractivity (Wildman–Crippen MR) is 79.7 cm³/mol. The number of nitrogens with two attached hydrogens (primary N) is 1. The summed E-state index contributed by atoms with van der Waals surface area (Å²) in [6.07, 6.45) is 1.93. The van der Waals surface area contributed by atoms with E-state index in [0.29, 0.717) is 12.5 Å². The van der Waals surface area contributed by atoms with Crippen molar-refractivity contribution in [2.45, 2.75) is 19.8 Å². The van der Waals surface area contributed by atoms with Gasteiger partial charge in [-0.2, -0.15) is 0 Å². The molecule has 0 bridgehead atoms. The first-order valence-corrected chi connectivity index (χ1v) is 6.81. The quantitative estimate of drug-likeness (QED) is 0.880. The molecule has 1 aliphatic heterocycles. The molecule has 1 unspecified atom stereocenters. The first kappa shape index (κ1) is 13.9. The van der Waals surface area contributed by atoms with Gasteiger partial charge >= 0.3 is 0 Å². The molecule has 1 aromatic carbocycles. The van der Waals surface area contributed by atoms with Crippen LogP contribution in [0.3, 0.4) is 0 Å². The third kappa shape index (κ3) is 2.89. The zero-order valence-corrected chi connectivity index (χ0v) is 12.0. The Hall–Kier alpha value is -1.55. The third-order valence-electron chi connectivity index (χ3n) is 3.85. The van der Waals surface area contributed by atoms with Crippen LogP contribution >= 0.6 is 0 Å². The second-order valence-corrected chi connectivity index (χ2v) is 5.47. The van der Waals surface area contributed by atoms with Crippen molar-refractivity contribution in [1.82, 2.24) is 0 Å². The van der Waals surface area contributed by atoms with Gasteiger partial charge in [-0.25, -0.2) is 0 Å². The van der Waals surface area contributed by atoms with Gasteiger partial charge in [0, 0.05) is 38.9 Å². The topological polar surface area (TPSA) is 49.6 Å². The number of carbonyl (C=O) groups is 1. The summed E-state index contributed by atoms with van der Waals surface area (Å²) in [6.45, 7) is 3.08. The van der Waals surface area contributed by atoms with Gasteiger partial charge in [0.15, 0.2) is 0 Å². The molecule has 0 radical (unpaired) electrons. The van der Waals surface area contributed by atoms with Crippen LogP contribution in [0.1, 0.15) is 18.9 Å². The number of fused-ring (bicyclic) bond motifs is 1. The van der Waals surface area contributed by atoms with E-state index in [1.54, 1.807) is 6.92 Å². The van der Waals surface area contributed by atoms with Gasteiger partial charge in [0.25, 0.3) is 0 Å². The number of nitrogens with zero attached hydrogens (tertiary/aromatic N) is 2. The first-order chi connectivity index (χ1) is 9.02. The summed E-state index contributed by atoms with van der Waals surface area (Å²) in [7, 11) is 4.06. The number of amides is 1. The van der Waals surface area contributed by atoms with Crippen molar-refractivity contribution in [3.63, 3.8) is 0 Å². The Labute approximate surface area is 115 Å². The van der Waals surface area contributed by atoms with Crippen LogP contribution in [0.5, 0.6) is 0 Å². The standard InChI is InChI=1S/C15H23N3O/c1-11(19)18-7-6-12(10-16)8-13-9-14(17(2)3)4-5-15(13)18/h4-5,9,12H,6-8,10,16H2,1-3H3. The minimum absolute atomic E-state index is 0.108. The van der Waals surface area contributed by atoms with Gasteiger partial charge in [-0.1, -0.05) is 0 Å². The van der Waals surface area contributed by atoms with Crippen molar-refractivity contribution >= 4 is 17.3 Å². The lowest BCUT2D eigenvalue weighted by Crippen LogP contribution is -2.30. The lowest BCUT2D eigenvalue weighted by molar-refractivity contribution is -0.116. The van der Waals surface area contributed by atoms with Gasteiger partial charge < -0.3 is 15.5 Å². The van der Waals surface area contributed by atoms with E-state index in [1.807, 2.05) is 19.0 Å². The molecule has 2 N–H and O–H groups in total. The highest BCUT2D eigenvalue weighted by Crippen LogP contribution is 2.31. The van der Waals surface area contributed by atoms with Crippen LogP contribution in [0.2, 0.25) is 0 Å². The minimum Gasteiger partial charge on any atom is -0.378 e. The molecule has 0 fully saturated rings. The molecule has 2 rings (SSSR count). The number of hydrogen-bond donors (Lipinski definition) is 1. The Kier molecular flexibility index (Phi) is 4.10. The van der Waals surface area contributed by atoms with Gasteiger partial charge in [0.05, 0.1) is 0 Å². The predicted octanol–water partition coefficient (Wildman–Crippen LogP) is 1.63. The van der Waals surface area contributed by atoms with E-state index in [9.17, 15) is 4.79 Å². The number of hydrogen-bond acceptors (Lipinski definition) is 3. The van der Waals surface area contributed by atoms with Gasteiger partial charge in [0.2, 0.25) is 5.91 Å². The van der Waals surface area contributed by atoms with Crippen molar-refractivity contribution in [3.05, 3.63) is 23.8 Å². The largest absolute Gasteiger partial charge is 0.378 e. The van der Waals surface area contributed by atoms with E-state index in [0.717, 1.165) is 25.1 Å². The molecule has 104 valence electrons. The maximum absolute atomic E-state index is 11.8. The molecule has 0 aliphatic carbocycles. The second-order valence-electron chi connectivity index (χ2n) is 5.47. The Morgan fingerprint density at radius 1 is 1.47 bits per heavy atom. The van der Waals surface area contributed by atoms with Gasteiger partial charge in [-0.05, 0) is 49.1 Å². The molecule has 0 saturated heterocycles. The molecule has 1 amide bonds. The average molecular weight is 261 g/mol. The molecule has 4 heteroatoms. The normalized spacial score (nSPS) is 18.7. The second kappa shape index (κ2) is 5.61. The van der Waals surface area contributed by atoms with Crippen LogP contribution in [0.25, 0.3) is 0 Å². The van der Waals surface area contributed by atoms with Crippen molar-refractivity contribution in [2.75, 3.05) is 37.0 Å². The number of anilines is 2. The summed E-state index contributed by atoms with van der Waals surface area (Å²) >= 11 is 0. The van der Waals surface area contributed by atoms with Crippen LogP contribution < -0.4 is 15.5 Å². The molecule has 0 aromatic heterocycles. The highest BCUT2D eigenvalue weighted by Gasteiger charge is 2.23. The van der Waals surface area contributed by atoms with Crippen LogP contribution in [0, 0.1) is 5.92 Å². The van der Waals surface area contributed by atoms with E-state index >= 15 is 0 Å². The molecular formula is C15H23N3O. The fraction of sp³-hybridized carbons (Fsp3) is 0.533. The first-order valence-electron chi connectivity index (χ1n) is 6.81. The van der Waals surface area contributed by atoms with Crippen LogP contribution in [-0.2, 0) is 11.2 Å². The molecule has 19 heavy (non-hydrogen) atoms. The summed E-state index contributed by atoms with van der Waals surface area (Å²) in [4.78, 5) is 15.8. The van der Waals surface area contributed by atoms with E-state index in [-0.39, 0.29) is 5.91 Å². The molecular weight excluding hydrogens is 238 g/mol. The fourth-order valence-corrected chi connectivity index (χ4v) is 2.65. The summed E-state index contributed by atoms with van der Waals surface area (Å²) in [5.41, 5.74) is 9.28. The molecule has 1 atom stereocenters. The number of benzene rings is 1. The van der Waals surface area contributed by atoms with Crippen LogP contribution in [-0.4, -0.2) is 33.1 Å². The lowest BCUT2D eigenvalue weighted by atomic mass is 9.97. The van der Waals surface area contributed by atoms with Crippen LogP contribution in [0.15, 0.2) is 18.2 Å². The summed E-state index contributed by atoms with van der Waals surface area (Å²) < 4.78 is 0. The van der Waals surface area contributed by atoms with Crippen molar-refractivity contribution in [2.24, 2.45) is 11.7 Å². The number of rotatable bonds is 2. The average Bonchev–Trinajstić information content (AvgIpc) is 2.56. The van der Waals surface area contributed by atoms with Gasteiger partial charge in [-0.3, -0.25) is 4.79 Å². The zero-order valence-electron chi connectivity index (χ0n) is 12.0.